The lowest BCUT2D eigenvalue weighted by molar-refractivity contribution is -0.112. The van der Waals surface area contributed by atoms with Crippen LogP contribution in [0.15, 0.2) is 65.1 Å². The summed E-state index contributed by atoms with van der Waals surface area (Å²) < 4.78 is 43.5. The molecule has 0 bridgehead atoms. The van der Waals surface area contributed by atoms with Crippen LogP contribution in [-0.2, 0) is 30.7 Å². The van der Waals surface area contributed by atoms with Crippen molar-refractivity contribution in [1.29, 1.82) is 0 Å². The molecule has 3 aromatic carbocycles. The van der Waals surface area contributed by atoms with Crippen LogP contribution < -0.4 is 10.1 Å². The first-order valence-electron chi connectivity index (χ1n) is 16.2. The Kier molecular flexibility index (Phi) is 11.3. The van der Waals surface area contributed by atoms with Crippen LogP contribution in [0.4, 0.5) is 5.69 Å². The Hall–Kier alpha value is -3.50. The minimum absolute atomic E-state index is 0.123. The highest BCUT2D eigenvalue weighted by Gasteiger charge is 2.26. The van der Waals surface area contributed by atoms with Crippen LogP contribution in [0, 0.1) is 13.8 Å². The summed E-state index contributed by atoms with van der Waals surface area (Å²) in [6.07, 6.45) is 4.91. The van der Waals surface area contributed by atoms with Gasteiger partial charge < -0.3 is 19.5 Å². The molecule has 5 rings (SSSR count). The number of rotatable bonds is 12. The predicted molar refractivity (Wildman–Crippen MR) is 183 cm³/mol. The molecule has 0 unspecified atom stereocenters. The van der Waals surface area contributed by atoms with E-state index in [2.05, 4.69) is 24.2 Å². The number of hydrogen-bond donors (Lipinski definition) is 1. The molecular weight excluding hydrogens is 600 g/mol. The molecule has 246 valence electrons. The van der Waals surface area contributed by atoms with Crippen molar-refractivity contribution in [1.82, 2.24) is 4.90 Å². The maximum absolute atomic E-state index is 13.4. The van der Waals surface area contributed by atoms with Crippen LogP contribution in [0.2, 0.25) is 0 Å². The van der Waals surface area contributed by atoms with Gasteiger partial charge in [0.05, 0.1) is 17.3 Å². The van der Waals surface area contributed by atoms with E-state index in [9.17, 15) is 13.2 Å². The van der Waals surface area contributed by atoms with E-state index >= 15 is 0 Å². The van der Waals surface area contributed by atoms with Gasteiger partial charge in [0.2, 0.25) is 0 Å². The third kappa shape index (κ3) is 8.25. The van der Waals surface area contributed by atoms with E-state index in [4.69, 9.17) is 14.2 Å². The fourth-order valence-corrected chi connectivity index (χ4v) is 7.54. The molecule has 8 nitrogen and oxygen atoms in total. The van der Waals surface area contributed by atoms with E-state index in [1.165, 1.54) is 5.56 Å². The van der Waals surface area contributed by atoms with E-state index in [-0.39, 0.29) is 23.0 Å². The highest BCUT2D eigenvalue weighted by Crippen LogP contribution is 2.35. The number of carbonyl (C=O) groups is 1. The lowest BCUT2D eigenvalue weighted by atomic mass is 9.94. The van der Waals surface area contributed by atoms with Gasteiger partial charge >= 0.3 is 0 Å². The lowest BCUT2D eigenvalue weighted by Gasteiger charge is -2.31. The highest BCUT2D eigenvalue weighted by atomic mass is 32.2. The normalized spacial score (nSPS) is 16.4. The van der Waals surface area contributed by atoms with Gasteiger partial charge in [-0.2, -0.15) is 0 Å². The quantitative estimate of drug-likeness (QED) is 0.222. The third-order valence-electron chi connectivity index (χ3n) is 8.95. The van der Waals surface area contributed by atoms with Crippen molar-refractivity contribution in [2.45, 2.75) is 63.9 Å². The van der Waals surface area contributed by atoms with E-state index in [1.807, 2.05) is 62.4 Å². The first-order chi connectivity index (χ1) is 22.2. The number of hydrogen-bond acceptors (Lipinski definition) is 7. The van der Waals surface area contributed by atoms with Gasteiger partial charge in [-0.05, 0) is 116 Å². The number of benzene rings is 3. The molecule has 0 aromatic heterocycles. The predicted octanol–water partition coefficient (Wildman–Crippen LogP) is 6.59. The van der Waals surface area contributed by atoms with Crippen molar-refractivity contribution in [2.75, 3.05) is 51.2 Å². The zero-order valence-corrected chi connectivity index (χ0v) is 28.3. The van der Waals surface area contributed by atoms with Crippen LogP contribution in [0.25, 0.3) is 17.2 Å². The number of nitrogens with zero attached hydrogens (tertiary/aromatic N) is 1. The molecule has 0 spiro atoms. The van der Waals surface area contributed by atoms with Crippen LogP contribution in [-0.4, -0.2) is 71.1 Å². The molecule has 2 heterocycles. The van der Waals surface area contributed by atoms with Gasteiger partial charge in [-0.1, -0.05) is 31.2 Å². The Bertz CT molecular complexity index is 1660. The summed E-state index contributed by atoms with van der Waals surface area (Å²) in [4.78, 5) is 16.0. The van der Waals surface area contributed by atoms with Crippen molar-refractivity contribution in [3.63, 3.8) is 0 Å². The van der Waals surface area contributed by atoms with Gasteiger partial charge in [-0.3, -0.25) is 9.69 Å². The van der Waals surface area contributed by atoms with Crippen LogP contribution in [0.5, 0.6) is 5.75 Å². The first-order valence-corrected chi connectivity index (χ1v) is 17.9. The van der Waals surface area contributed by atoms with Crippen LogP contribution >= 0.6 is 0 Å². The molecule has 0 radical (unpaired) electrons. The number of amides is 1. The summed E-state index contributed by atoms with van der Waals surface area (Å²) in [5, 5.41) is 2.98. The maximum Gasteiger partial charge on any atom is 0.251 e. The monoisotopic (exact) mass is 646 g/mol. The lowest BCUT2D eigenvalue weighted by Crippen LogP contribution is -2.36. The molecule has 1 N–H and O–H groups in total. The standard InChI is InChI=1S/C37H46N2O6S/c1-5-17-43-20-21-45-35-12-11-34(26(2)27(35)3)29-8-13-36-31(23-29)24-30(16-22-46(36,41)42)37(40)38-32-9-6-28(7-10-32)25-39(4)33-14-18-44-19-15-33/h6-13,23-24,33H,5,14-22,25H2,1-4H3,(H,38,40). The number of carbonyl (C=O) groups excluding carboxylic acids is 1. The molecule has 0 atom stereocenters. The van der Waals surface area contributed by atoms with E-state index in [0.29, 0.717) is 42.7 Å². The summed E-state index contributed by atoms with van der Waals surface area (Å²) in [6, 6.07) is 17.7. The van der Waals surface area contributed by atoms with Gasteiger partial charge in [0.15, 0.2) is 9.84 Å². The maximum atomic E-state index is 13.4. The van der Waals surface area contributed by atoms with Gasteiger partial charge in [0, 0.05) is 43.7 Å². The molecule has 46 heavy (non-hydrogen) atoms. The second-order valence-corrected chi connectivity index (χ2v) is 14.3. The summed E-state index contributed by atoms with van der Waals surface area (Å²) in [5.74, 6) is 0.385. The average molecular weight is 647 g/mol. The summed E-state index contributed by atoms with van der Waals surface area (Å²) in [5.41, 5.74) is 6.74. The number of anilines is 1. The third-order valence-corrected chi connectivity index (χ3v) is 10.7. The zero-order chi connectivity index (χ0) is 32.7. The summed E-state index contributed by atoms with van der Waals surface area (Å²) in [7, 11) is -1.42. The molecule has 1 amide bonds. The van der Waals surface area contributed by atoms with Gasteiger partial charge in [0.1, 0.15) is 12.4 Å². The fraction of sp³-hybridized carbons (Fsp3) is 0.432. The molecule has 2 aliphatic heterocycles. The second-order valence-electron chi connectivity index (χ2n) is 12.2. The van der Waals surface area contributed by atoms with Crippen molar-refractivity contribution < 1.29 is 27.4 Å². The van der Waals surface area contributed by atoms with E-state index < -0.39 is 9.84 Å². The SMILES string of the molecule is CCCOCCOc1ccc(-c2ccc3c(c2)C=C(C(=O)Nc2ccc(CN(C)C4CCOCC4)cc2)CCS3(=O)=O)c(C)c1C. The van der Waals surface area contributed by atoms with E-state index in [0.717, 1.165) is 67.0 Å². The Morgan fingerprint density at radius 1 is 0.978 bits per heavy atom. The van der Waals surface area contributed by atoms with Crippen molar-refractivity contribution in [3.05, 3.63) is 82.4 Å². The van der Waals surface area contributed by atoms with Crippen molar-refractivity contribution in [2.24, 2.45) is 0 Å². The topological polar surface area (TPSA) is 94.2 Å². The second kappa shape index (κ2) is 15.4. The largest absolute Gasteiger partial charge is 0.491 e. The van der Waals surface area contributed by atoms with Crippen LogP contribution in [0.3, 0.4) is 0 Å². The Labute approximate surface area is 273 Å². The van der Waals surface area contributed by atoms with Crippen molar-refractivity contribution >= 4 is 27.5 Å². The zero-order valence-electron chi connectivity index (χ0n) is 27.4. The van der Waals surface area contributed by atoms with E-state index in [1.54, 1.807) is 12.1 Å². The van der Waals surface area contributed by atoms with Crippen LogP contribution in [0.1, 0.15) is 54.9 Å². The molecule has 1 fully saturated rings. The molecule has 0 saturated carbocycles. The molecule has 1 saturated heterocycles. The summed E-state index contributed by atoms with van der Waals surface area (Å²) >= 11 is 0. The number of sulfone groups is 1. The first kappa shape index (κ1) is 33.9. The number of fused-ring (bicyclic) bond motifs is 1. The average Bonchev–Trinajstić information content (AvgIpc) is 3.19. The Balaban J connectivity index is 1.31. The Morgan fingerprint density at radius 3 is 2.48 bits per heavy atom. The van der Waals surface area contributed by atoms with Gasteiger partial charge in [-0.25, -0.2) is 8.42 Å². The summed E-state index contributed by atoms with van der Waals surface area (Å²) in [6.45, 7) is 10.3. The fourth-order valence-electron chi connectivity index (χ4n) is 6.07. The number of ether oxygens (including phenoxy) is 3. The minimum atomic E-state index is -3.56. The molecule has 9 heteroatoms. The Morgan fingerprint density at radius 2 is 1.74 bits per heavy atom. The molecule has 2 aliphatic rings. The molecular formula is C37H46N2O6S. The van der Waals surface area contributed by atoms with Crippen molar-refractivity contribution in [3.8, 4) is 16.9 Å². The van der Waals surface area contributed by atoms with Gasteiger partial charge in [-0.15, -0.1) is 0 Å². The number of nitrogens with one attached hydrogen (secondary N) is 1. The highest BCUT2D eigenvalue weighted by molar-refractivity contribution is 7.91. The molecule has 0 aliphatic carbocycles. The molecule has 3 aromatic rings. The van der Waals surface area contributed by atoms with Gasteiger partial charge in [0.25, 0.3) is 5.91 Å². The minimum Gasteiger partial charge on any atom is -0.491 e. The smallest absolute Gasteiger partial charge is 0.251 e.